The third-order valence-corrected chi connectivity index (χ3v) is 8.25. The summed E-state index contributed by atoms with van der Waals surface area (Å²) in [4.78, 5) is 26.7. The maximum Gasteiger partial charge on any atom is 0.172 e. The average Bonchev–Trinajstić information content (AvgIpc) is 2.65. The van der Waals surface area contributed by atoms with Crippen molar-refractivity contribution < 1.29 is 19.1 Å². The highest BCUT2D eigenvalue weighted by atomic mass is 16.7. The number of hydrogen-bond acceptors (Lipinski definition) is 4. The number of fused-ring (bicyclic) bond motifs is 3. The molecular formula is C22H32O4. The number of ketones is 2. The van der Waals surface area contributed by atoms with Gasteiger partial charge in [0.2, 0.25) is 0 Å². The Bertz CT molecular complexity index is 640. The quantitative estimate of drug-likeness (QED) is 0.563. The second-order valence-corrected chi connectivity index (χ2v) is 9.18. The van der Waals surface area contributed by atoms with E-state index in [1.165, 1.54) is 0 Å². The topological polar surface area (TPSA) is 52.6 Å². The van der Waals surface area contributed by atoms with Crippen LogP contribution in [0.3, 0.4) is 0 Å². The molecule has 0 aromatic rings. The van der Waals surface area contributed by atoms with Gasteiger partial charge in [0, 0.05) is 18.9 Å². The summed E-state index contributed by atoms with van der Waals surface area (Å²) in [6, 6.07) is 0. The molecule has 4 aliphatic carbocycles. The molecule has 1 aliphatic heterocycles. The lowest BCUT2D eigenvalue weighted by molar-refractivity contribution is -0.298. The zero-order valence-corrected chi connectivity index (χ0v) is 16.4. The molecule has 26 heavy (non-hydrogen) atoms. The minimum atomic E-state index is -0.854. The van der Waals surface area contributed by atoms with Crippen molar-refractivity contribution in [2.24, 2.45) is 34.5 Å². The van der Waals surface area contributed by atoms with Gasteiger partial charge in [0.05, 0.1) is 12.0 Å². The molecule has 1 spiro atoms. The standard InChI is InChI=1S/C22H32O4/c1-5-6-8-21-16(13(2)12-26-20(21)25-4)11-18(23)22-9-7-15(10-17(21)22)14(3)19(22)24/h13,15-17,20H,3,5-12H2,1-2,4H3/t13?,15-,16?,17?,20?,21?,22+/m0/s1. The summed E-state index contributed by atoms with van der Waals surface area (Å²) in [5.41, 5.74) is -0.387. The smallest absolute Gasteiger partial charge is 0.172 e. The van der Waals surface area contributed by atoms with Crippen molar-refractivity contribution in [3.05, 3.63) is 12.2 Å². The van der Waals surface area contributed by atoms with Gasteiger partial charge in [-0.3, -0.25) is 9.59 Å². The van der Waals surface area contributed by atoms with Crippen LogP contribution < -0.4 is 0 Å². The number of unbranched alkanes of at least 4 members (excludes halogenated alkanes) is 1. The van der Waals surface area contributed by atoms with E-state index in [1.54, 1.807) is 7.11 Å². The van der Waals surface area contributed by atoms with Crippen LogP contribution in [0.1, 0.15) is 58.8 Å². The number of hydrogen-bond donors (Lipinski definition) is 0. The van der Waals surface area contributed by atoms with Crippen molar-refractivity contribution in [2.75, 3.05) is 13.7 Å². The van der Waals surface area contributed by atoms with Gasteiger partial charge < -0.3 is 9.47 Å². The predicted octanol–water partition coefficient (Wildman–Crippen LogP) is 3.93. The number of methoxy groups -OCH3 is 1. The Kier molecular flexibility index (Phi) is 4.43. The third-order valence-electron chi connectivity index (χ3n) is 8.25. The fraction of sp³-hybridized carbons (Fsp3) is 0.818. The Hall–Kier alpha value is -1.00. The van der Waals surface area contributed by atoms with Crippen molar-refractivity contribution >= 4 is 11.6 Å². The first-order chi connectivity index (χ1) is 12.4. The molecule has 7 atom stereocenters. The molecule has 1 saturated heterocycles. The number of rotatable bonds is 4. The van der Waals surface area contributed by atoms with Gasteiger partial charge in [-0.2, -0.15) is 0 Å². The summed E-state index contributed by atoms with van der Waals surface area (Å²) < 4.78 is 12.1. The molecule has 5 unspecified atom stereocenters. The molecule has 4 nitrogen and oxygen atoms in total. The molecule has 4 heteroatoms. The molecule has 0 radical (unpaired) electrons. The Morgan fingerprint density at radius 3 is 2.81 bits per heavy atom. The minimum Gasteiger partial charge on any atom is -0.355 e. The Labute approximate surface area is 156 Å². The summed E-state index contributed by atoms with van der Waals surface area (Å²) in [6.45, 7) is 9.11. The first-order valence-electron chi connectivity index (χ1n) is 10.3. The molecule has 0 aromatic carbocycles. The Morgan fingerprint density at radius 2 is 2.12 bits per heavy atom. The summed E-state index contributed by atoms with van der Waals surface area (Å²) in [6.07, 6.45) is 5.85. The SMILES string of the molecule is C=C1C(=O)[C@]23CC[C@H]1CC2C1(CCCC)C(OC)OCC(C)C1CC3=O. The van der Waals surface area contributed by atoms with Crippen LogP contribution in [0.25, 0.3) is 0 Å². The van der Waals surface area contributed by atoms with Crippen molar-refractivity contribution in [3.63, 3.8) is 0 Å². The summed E-state index contributed by atoms with van der Waals surface area (Å²) >= 11 is 0. The van der Waals surface area contributed by atoms with Crippen molar-refractivity contribution in [1.29, 1.82) is 0 Å². The van der Waals surface area contributed by atoms with Gasteiger partial charge in [-0.1, -0.05) is 33.3 Å². The highest BCUT2D eigenvalue weighted by Crippen LogP contribution is 2.69. The summed E-state index contributed by atoms with van der Waals surface area (Å²) in [5, 5.41) is 0. The van der Waals surface area contributed by atoms with Crippen molar-refractivity contribution in [3.8, 4) is 0 Å². The summed E-state index contributed by atoms with van der Waals surface area (Å²) in [5.74, 6) is 1.05. The highest BCUT2D eigenvalue weighted by Gasteiger charge is 2.72. The first-order valence-corrected chi connectivity index (χ1v) is 10.3. The average molecular weight is 360 g/mol. The van der Waals surface area contributed by atoms with E-state index < -0.39 is 5.41 Å². The van der Waals surface area contributed by atoms with E-state index in [0.29, 0.717) is 30.9 Å². The fourth-order valence-corrected chi connectivity index (χ4v) is 7.04. The Balaban J connectivity index is 1.88. The van der Waals surface area contributed by atoms with Crippen molar-refractivity contribution in [2.45, 2.75) is 65.1 Å². The van der Waals surface area contributed by atoms with E-state index in [0.717, 1.165) is 32.1 Å². The van der Waals surface area contributed by atoms with Crippen molar-refractivity contribution in [1.82, 2.24) is 0 Å². The fourth-order valence-electron chi connectivity index (χ4n) is 7.04. The molecule has 1 heterocycles. The number of ether oxygens (including phenoxy) is 2. The van der Waals surface area contributed by atoms with Crippen LogP contribution in [0.4, 0.5) is 0 Å². The van der Waals surface area contributed by atoms with Gasteiger partial charge in [0.1, 0.15) is 5.78 Å². The van der Waals surface area contributed by atoms with Crippen LogP contribution in [0, 0.1) is 34.5 Å². The molecule has 5 aliphatic rings. The van der Waals surface area contributed by atoms with Gasteiger partial charge >= 0.3 is 0 Å². The normalized spacial score (nSPS) is 47.7. The number of allylic oxidation sites excluding steroid dienone is 1. The first kappa shape index (κ1) is 18.4. The van der Waals surface area contributed by atoms with Gasteiger partial charge in [-0.05, 0) is 54.9 Å². The van der Waals surface area contributed by atoms with E-state index >= 15 is 0 Å². The van der Waals surface area contributed by atoms with Gasteiger partial charge in [0.15, 0.2) is 12.1 Å². The molecule has 0 N–H and O–H groups in total. The maximum atomic E-state index is 13.4. The molecule has 4 saturated carbocycles. The monoisotopic (exact) mass is 360 g/mol. The number of carbonyl (C=O) groups excluding carboxylic acids is 2. The largest absolute Gasteiger partial charge is 0.355 e. The highest BCUT2D eigenvalue weighted by molar-refractivity contribution is 6.16. The second-order valence-electron chi connectivity index (χ2n) is 9.18. The van der Waals surface area contributed by atoms with Crippen LogP contribution in [-0.2, 0) is 19.1 Å². The molecule has 144 valence electrons. The lowest BCUT2D eigenvalue weighted by atomic mass is 9.38. The van der Waals surface area contributed by atoms with Crippen LogP contribution in [-0.4, -0.2) is 31.6 Å². The van der Waals surface area contributed by atoms with E-state index in [4.69, 9.17) is 9.47 Å². The van der Waals surface area contributed by atoms with E-state index in [1.807, 2.05) is 0 Å². The molecule has 5 fully saturated rings. The summed E-state index contributed by atoms with van der Waals surface area (Å²) in [7, 11) is 1.72. The van der Waals surface area contributed by atoms with E-state index in [9.17, 15) is 9.59 Å². The Morgan fingerprint density at radius 1 is 1.35 bits per heavy atom. The molecule has 2 bridgehead atoms. The minimum absolute atomic E-state index is 0.0391. The third kappa shape index (κ3) is 2.09. The van der Waals surface area contributed by atoms with Crippen LogP contribution in [0.15, 0.2) is 12.2 Å². The molecule has 5 rings (SSSR count). The molecular weight excluding hydrogens is 328 g/mol. The second kappa shape index (κ2) is 6.27. The van der Waals surface area contributed by atoms with Crippen LogP contribution in [0.5, 0.6) is 0 Å². The predicted molar refractivity (Wildman–Crippen MR) is 98.4 cm³/mol. The molecule has 0 aromatic heterocycles. The van der Waals surface area contributed by atoms with E-state index in [-0.39, 0.29) is 41.0 Å². The number of carbonyl (C=O) groups is 2. The van der Waals surface area contributed by atoms with Crippen LogP contribution >= 0.6 is 0 Å². The zero-order valence-electron chi connectivity index (χ0n) is 16.4. The maximum absolute atomic E-state index is 13.4. The number of Topliss-reactive ketones (excluding diaryl/α,β-unsaturated/α-hetero) is 2. The van der Waals surface area contributed by atoms with Crippen LogP contribution in [0.2, 0.25) is 0 Å². The van der Waals surface area contributed by atoms with E-state index in [2.05, 4.69) is 20.4 Å². The lowest BCUT2D eigenvalue weighted by Gasteiger charge is -2.66. The lowest BCUT2D eigenvalue weighted by Crippen LogP contribution is -2.70. The van der Waals surface area contributed by atoms with Gasteiger partial charge in [-0.25, -0.2) is 0 Å². The molecule has 0 amide bonds. The van der Waals surface area contributed by atoms with Gasteiger partial charge in [0.25, 0.3) is 0 Å². The zero-order chi connectivity index (χ0) is 18.7. The van der Waals surface area contributed by atoms with Gasteiger partial charge in [-0.15, -0.1) is 0 Å².